The molecular formula is C11H10ClN3O3. The van der Waals surface area contributed by atoms with Gasteiger partial charge in [-0.3, -0.25) is 0 Å². The lowest BCUT2D eigenvalue weighted by Crippen LogP contribution is -2.10. The Morgan fingerprint density at radius 1 is 1.50 bits per heavy atom. The van der Waals surface area contributed by atoms with Crippen LogP contribution in [-0.2, 0) is 6.42 Å². The molecule has 0 bridgehead atoms. The van der Waals surface area contributed by atoms with Gasteiger partial charge in [-0.05, 0) is 18.2 Å². The number of hydrogen-bond acceptors (Lipinski definition) is 5. The van der Waals surface area contributed by atoms with Gasteiger partial charge in [0.15, 0.2) is 5.82 Å². The van der Waals surface area contributed by atoms with Gasteiger partial charge >= 0.3 is 5.97 Å². The molecule has 0 saturated carbocycles. The van der Waals surface area contributed by atoms with Crippen molar-refractivity contribution in [1.82, 2.24) is 10.1 Å². The fraction of sp³-hybridized carbons (Fsp3) is 0.182. The smallest absolute Gasteiger partial charge is 0.337 e. The number of carboxylic acid groups (broad SMARTS) is 1. The van der Waals surface area contributed by atoms with Gasteiger partial charge in [0, 0.05) is 23.7 Å². The molecule has 94 valence electrons. The van der Waals surface area contributed by atoms with Crippen LogP contribution in [0.3, 0.4) is 0 Å². The Balaban J connectivity index is 2.02. The number of carboxylic acids is 1. The first-order valence-electron chi connectivity index (χ1n) is 5.19. The molecule has 0 amide bonds. The molecule has 2 rings (SSSR count). The minimum absolute atomic E-state index is 0.135. The fourth-order valence-corrected chi connectivity index (χ4v) is 1.63. The molecule has 0 saturated heterocycles. The van der Waals surface area contributed by atoms with Crippen molar-refractivity contribution in [3.05, 3.63) is 41.0 Å². The van der Waals surface area contributed by atoms with E-state index in [1.165, 1.54) is 12.5 Å². The van der Waals surface area contributed by atoms with Crippen molar-refractivity contribution >= 4 is 23.3 Å². The standard InChI is InChI=1S/C11H10ClN3O3/c12-7-1-2-9(8(5-7)11(16)17)13-4-3-10-14-6-18-15-10/h1-2,5-6,13H,3-4H2,(H,16,17). The first kappa shape index (κ1) is 12.4. The van der Waals surface area contributed by atoms with E-state index in [9.17, 15) is 4.79 Å². The molecule has 2 N–H and O–H groups in total. The first-order valence-corrected chi connectivity index (χ1v) is 5.56. The molecule has 6 nitrogen and oxygen atoms in total. The molecule has 0 fully saturated rings. The minimum atomic E-state index is -1.03. The van der Waals surface area contributed by atoms with Crippen LogP contribution in [0.5, 0.6) is 0 Å². The molecule has 1 aromatic heterocycles. The van der Waals surface area contributed by atoms with Crippen LogP contribution >= 0.6 is 11.6 Å². The van der Waals surface area contributed by atoms with E-state index in [1.807, 2.05) is 0 Å². The molecule has 0 aliphatic heterocycles. The number of carbonyl (C=O) groups is 1. The molecule has 2 aromatic rings. The maximum Gasteiger partial charge on any atom is 0.337 e. The summed E-state index contributed by atoms with van der Waals surface area (Å²) in [5.74, 6) is -0.465. The van der Waals surface area contributed by atoms with Crippen LogP contribution in [0.4, 0.5) is 5.69 Å². The van der Waals surface area contributed by atoms with E-state index in [0.29, 0.717) is 29.5 Å². The van der Waals surface area contributed by atoms with E-state index in [4.69, 9.17) is 16.7 Å². The van der Waals surface area contributed by atoms with Crippen LogP contribution < -0.4 is 5.32 Å². The Hall–Kier alpha value is -2.08. The van der Waals surface area contributed by atoms with Crippen molar-refractivity contribution in [2.24, 2.45) is 0 Å². The predicted molar refractivity (Wildman–Crippen MR) is 64.9 cm³/mol. The number of rotatable bonds is 5. The van der Waals surface area contributed by atoms with E-state index in [-0.39, 0.29) is 5.56 Å². The third-order valence-corrected chi connectivity index (χ3v) is 2.52. The van der Waals surface area contributed by atoms with Crippen molar-refractivity contribution in [3.8, 4) is 0 Å². The van der Waals surface area contributed by atoms with E-state index >= 15 is 0 Å². The van der Waals surface area contributed by atoms with Crippen molar-refractivity contribution in [3.63, 3.8) is 0 Å². The molecule has 0 radical (unpaired) electrons. The van der Waals surface area contributed by atoms with Crippen LogP contribution in [-0.4, -0.2) is 27.8 Å². The zero-order valence-corrected chi connectivity index (χ0v) is 10.0. The predicted octanol–water partition coefficient (Wildman–Crippen LogP) is 2.08. The van der Waals surface area contributed by atoms with Gasteiger partial charge in [0.25, 0.3) is 0 Å². The van der Waals surface area contributed by atoms with Crippen LogP contribution in [0.15, 0.2) is 29.1 Å². The molecule has 0 aliphatic rings. The van der Waals surface area contributed by atoms with Crippen molar-refractivity contribution in [2.45, 2.75) is 6.42 Å². The number of nitrogens with one attached hydrogen (secondary N) is 1. The Morgan fingerprint density at radius 2 is 2.33 bits per heavy atom. The second-order valence-electron chi connectivity index (χ2n) is 3.52. The lowest BCUT2D eigenvalue weighted by molar-refractivity contribution is 0.0698. The highest BCUT2D eigenvalue weighted by Gasteiger charge is 2.10. The second-order valence-corrected chi connectivity index (χ2v) is 3.96. The van der Waals surface area contributed by atoms with Crippen molar-refractivity contribution in [2.75, 3.05) is 11.9 Å². The number of aromatic carboxylic acids is 1. The van der Waals surface area contributed by atoms with Gasteiger partial charge in [-0.2, -0.15) is 4.98 Å². The Morgan fingerprint density at radius 3 is 3.00 bits per heavy atom. The lowest BCUT2D eigenvalue weighted by Gasteiger charge is -2.08. The summed E-state index contributed by atoms with van der Waals surface area (Å²) in [6.45, 7) is 0.501. The number of benzene rings is 1. The number of halogens is 1. The monoisotopic (exact) mass is 267 g/mol. The van der Waals surface area contributed by atoms with Gasteiger partial charge in [0.05, 0.1) is 5.56 Å². The maximum atomic E-state index is 11.0. The van der Waals surface area contributed by atoms with Crippen molar-refractivity contribution in [1.29, 1.82) is 0 Å². The molecule has 0 atom stereocenters. The summed E-state index contributed by atoms with van der Waals surface area (Å²) >= 11 is 5.75. The summed E-state index contributed by atoms with van der Waals surface area (Å²) in [5, 5.41) is 16.1. The summed E-state index contributed by atoms with van der Waals surface area (Å²) in [4.78, 5) is 14.9. The van der Waals surface area contributed by atoms with Crippen LogP contribution in [0.2, 0.25) is 5.02 Å². The number of hydrogen-bond donors (Lipinski definition) is 2. The summed E-state index contributed by atoms with van der Waals surface area (Å²) in [6.07, 6.45) is 1.79. The van der Waals surface area contributed by atoms with Crippen LogP contribution in [0.1, 0.15) is 16.2 Å². The molecule has 1 aromatic carbocycles. The average Bonchev–Trinajstić information content (AvgIpc) is 2.84. The van der Waals surface area contributed by atoms with Gasteiger partial charge in [-0.15, -0.1) is 0 Å². The molecule has 1 heterocycles. The third-order valence-electron chi connectivity index (χ3n) is 2.28. The number of aromatic nitrogens is 2. The van der Waals surface area contributed by atoms with Crippen LogP contribution in [0.25, 0.3) is 0 Å². The van der Waals surface area contributed by atoms with Gasteiger partial charge in [-0.25, -0.2) is 4.79 Å². The zero-order valence-electron chi connectivity index (χ0n) is 9.26. The quantitative estimate of drug-likeness (QED) is 0.862. The molecule has 7 heteroatoms. The normalized spacial score (nSPS) is 10.3. The Kier molecular flexibility index (Phi) is 3.78. The fourth-order valence-electron chi connectivity index (χ4n) is 1.46. The first-order chi connectivity index (χ1) is 8.66. The number of anilines is 1. The summed E-state index contributed by atoms with van der Waals surface area (Å²) in [7, 11) is 0. The highest BCUT2D eigenvalue weighted by Crippen LogP contribution is 2.20. The van der Waals surface area contributed by atoms with E-state index < -0.39 is 5.97 Å². The molecule has 18 heavy (non-hydrogen) atoms. The molecule has 0 aliphatic carbocycles. The highest BCUT2D eigenvalue weighted by atomic mass is 35.5. The summed E-state index contributed by atoms with van der Waals surface area (Å²) < 4.78 is 4.59. The van der Waals surface area contributed by atoms with E-state index in [0.717, 1.165) is 0 Å². The Labute approximate surface area is 108 Å². The second kappa shape index (κ2) is 5.50. The lowest BCUT2D eigenvalue weighted by atomic mass is 10.2. The highest BCUT2D eigenvalue weighted by molar-refractivity contribution is 6.31. The van der Waals surface area contributed by atoms with Gasteiger partial charge in [0.2, 0.25) is 6.39 Å². The summed E-state index contributed by atoms with van der Waals surface area (Å²) in [6, 6.07) is 4.66. The van der Waals surface area contributed by atoms with Gasteiger partial charge in [-0.1, -0.05) is 16.8 Å². The zero-order chi connectivity index (χ0) is 13.0. The number of nitrogens with zero attached hydrogens (tertiary/aromatic N) is 2. The average molecular weight is 268 g/mol. The third kappa shape index (κ3) is 2.98. The SMILES string of the molecule is O=C(O)c1cc(Cl)ccc1NCCc1ncon1. The largest absolute Gasteiger partial charge is 0.478 e. The molecule has 0 spiro atoms. The van der Waals surface area contributed by atoms with Crippen molar-refractivity contribution < 1.29 is 14.4 Å². The van der Waals surface area contributed by atoms with Gasteiger partial charge in [0.1, 0.15) is 0 Å². The summed E-state index contributed by atoms with van der Waals surface area (Å²) in [5.41, 5.74) is 0.644. The van der Waals surface area contributed by atoms with Gasteiger partial charge < -0.3 is 14.9 Å². The molecular weight excluding hydrogens is 258 g/mol. The topological polar surface area (TPSA) is 88.2 Å². The van der Waals surface area contributed by atoms with E-state index in [2.05, 4.69) is 20.0 Å². The van der Waals surface area contributed by atoms with Crippen LogP contribution in [0, 0.1) is 0 Å². The molecule has 0 unspecified atom stereocenters. The maximum absolute atomic E-state index is 11.0. The minimum Gasteiger partial charge on any atom is -0.478 e. The Bertz CT molecular complexity index is 542. The van der Waals surface area contributed by atoms with E-state index in [1.54, 1.807) is 12.1 Å².